The van der Waals surface area contributed by atoms with Crippen LogP contribution in [0, 0.1) is 12.7 Å². The lowest BCUT2D eigenvalue weighted by Gasteiger charge is -2.09. The monoisotopic (exact) mass is 375 g/mol. The van der Waals surface area contributed by atoms with Gasteiger partial charge in [0.25, 0.3) is 5.91 Å². The number of esters is 1. The highest BCUT2D eigenvalue weighted by Crippen LogP contribution is 2.19. The van der Waals surface area contributed by atoms with Crippen molar-refractivity contribution in [2.75, 3.05) is 11.9 Å². The third kappa shape index (κ3) is 4.00. The molecule has 1 aromatic heterocycles. The van der Waals surface area contributed by atoms with Crippen molar-refractivity contribution in [3.8, 4) is 0 Å². The second-order valence-electron chi connectivity index (χ2n) is 5.57. The Labute approximate surface area is 153 Å². The van der Waals surface area contributed by atoms with Crippen LogP contribution in [-0.2, 0) is 20.9 Å². The van der Waals surface area contributed by atoms with Crippen LogP contribution in [0.2, 0.25) is 5.02 Å². The van der Waals surface area contributed by atoms with Crippen molar-refractivity contribution < 1.29 is 18.7 Å². The van der Waals surface area contributed by atoms with E-state index in [0.717, 1.165) is 17.1 Å². The van der Waals surface area contributed by atoms with Crippen LogP contribution >= 0.6 is 11.6 Å². The normalized spacial score (nSPS) is 10.7. The Morgan fingerprint density at radius 3 is 2.81 bits per heavy atom. The minimum Gasteiger partial charge on any atom is -0.454 e. The third-order valence-corrected chi connectivity index (χ3v) is 3.99. The number of halogens is 2. The first-order valence-electron chi connectivity index (χ1n) is 7.76. The topological polar surface area (TPSA) is 73.2 Å². The van der Waals surface area contributed by atoms with E-state index in [4.69, 9.17) is 16.3 Å². The van der Waals surface area contributed by atoms with E-state index in [9.17, 15) is 14.0 Å². The van der Waals surface area contributed by atoms with Gasteiger partial charge in [-0.15, -0.1) is 0 Å². The number of carbonyl (C=O) groups excluding carboxylic acids is 2. The van der Waals surface area contributed by atoms with Crippen molar-refractivity contribution in [2.24, 2.45) is 0 Å². The molecule has 3 rings (SSSR count). The number of benzene rings is 2. The number of anilines is 1. The van der Waals surface area contributed by atoms with Crippen molar-refractivity contribution in [3.05, 3.63) is 59.1 Å². The molecule has 0 bridgehead atoms. The van der Waals surface area contributed by atoms with Gasteiger partial charge in [-0.05, 0) is 37.3 Å². The Morgan fingerprint density at radius 2 is 2.04 bits per heavy atom. The highest BCUT2D eigenvalue weighted by Gasteiger charge is 2.13. The molecule has 0 fully saturated rings. The Balaban J connectivity index is 1.57. The zero-order valence-electron chi connectivity index (χ0n) is 13.8. The molecule has 0 saturated heterocycles. The summed E-state index contributed by atoms with van der Waals surface area (Å²) in [6.07, 6.45) is 0. The van der Waals surface area contributed by atoms with E-state index in [1.54, 1.807) is 11.5 Å². The fraction of sp³-hybridized carbons (Fsp3) is 0.167. The maximum atomic E-state index is 13.1. The maximum absolute atomic E-state index is 13.1. The lowest BCUT2D eigenvalue weighted by molar-refractivity contribution is -0.147. The van der Waals surface area contributed by atoms with Gasteiger partial charge in [-0.1, -0.05) is 23.7 Å². The summed E-state index contributed by atoms with van der Waals surface area (Å²) in [6, 6.07) is 11.2. The standard InChI is InChI=1S/C18H15ClFN3O3/c1-11-21-15-4-2-3-5-16(15)23(11)9-18(25)26-10-17(24)22-12-6-7-14(20)13(19)8-12/h2-8H,9-10H2,1H3,(H,22,24). The summed E-state index contributed by atoms with van der Waals surface area (Å²) < 4.78 is 19.8. The van der Waals surface area contributed by atoms with Crippen molar-refractivity contribution >= 4 is 40.2 Å². The first-order chi connectivity index (χ1) is 12.4. The largest absolute Gasteiger partial charge is 0.454 e. The number of carbonyl (C=O) groups is 2. The molecule has 0 atom stereocenters. The molecule has 3 aromatic rings. The van der Waals surface area contributed by atoms with E-state index in [1.165, 1.54) is 12.1 Å². The number of nitrogens with one attached hydrogen (secondary N) is 1. The van der Waals surface area contributed by atoms with Crippen LogP contribution in [0.15, 0.2) is 42.5 Å². The zero-order chi connectivity index (χ0) is 18.7. The molecule has 0 radical (unpaired) electrons. The number of hydrogen-bond donors (Lipinski definition) is 1. The predicted molar refractivity (Wildman–Crippen MR) is 95.5 cm³/mol. The fourth-order valence-electron chi connectivity index (χ4n) is 2.49. The van der Waals surface area contributed by atoms with Gasteiger partial charge in [0.05, 0.1) is 16.1 Å². The van der Waals surface area contributed by atoms with Crippen molar-refractivity contribution in [3.63, 3.8) is 0 Å². The minimum absolute atomic E-state index is 0.0536. The molecular weight excluding hydrogens is 361 g/mol. The molecule has 0 spiro atoms. The Kier molecular flexibility index (Phi) is 5.18. The second kappa shape index (κ2) is 7.53. The highest BCUT2D eigenvalue weighted by atomic mass is 35.5. The Morgan fingerprint density at radius 1 is 1.27 bits per heavy atom. The summed E-state index contributed by atoms with van der Waals surface area (Å²) in [5, 5.41) is 2.37. The van der Waals surface area contributed by atoms with E-state index in [1.807, 2.05) is 24.3 Å². The van der Waals surface area contributed by atoms with Crippen LogP contribution < -0.4 is 5.32 Å². The molecule has 0 aliphatic heterocycles. The first kappa shape index (κ1) is 17.9. The molecule has 1 amide bonds. The van der Waals surface area contributed by atoms with Crippen LogP contribution in [-0.4, -0.2) is 28.0 Å². The molecule has 134 valence electrons. The van der Waals surface area contributed by atoms with Crippen LogP contribution in [0.1, 0.15) is 5.82 Å². The zero-order valence-corrected chi connectivity index (χ0v) is 14.6. The van der Waals surface area contributed by atoms with E-state index in [0.29, 0.717) is 11.5 Å². The van der Waals surface area contributed by atoms with Crippen LogP contribution in [0.25, 0.3) is 11.0 Å². The number of nitrogens with zero attached hydrogens (tertiary/aromatic N) is 2. The second-order valence-corrected chi connectivity index (χ2v) is 5.98. The molecule has 6 nitrogen and oxygen atoms in total. The third-order valence-electron chi connectivity index (χ3n) is 3.70. The Bertz CT molecular complexity index is 987. The number of hydrogen-bond acceptors (Lipinski definition) is 4. The van der Waals surface area contributed by atoms with Gasteiger partial charge in [-0.3, -0.25) is 9.59 Å². The summed E-state index contributed by atoms with van der Waals surface area (Å²) in [5.41, 5.74) is 1.91. The number of ether oxygens (including phenoxy) is 1. The van der Waals surface area contributed by atoms with E-state index < -0.39 is 24.3 Å². The average molecular weight is 376 g/mol. The van der Waals surface area contributed by atoms with Gasteiger partial charge >= 0.3 is 5.97 Å². The highest BCUT2D eigenvalue weighted by molar-refractivity contribution is 6.31. The number of rotatable bonds is 5. The van der Waals surface area contributed by atoms with Gasteiger partial charge in [0.2, 0.25) is 0 Å². The lowest BCUT2D eigenvalue weighted by atomic mass is 10.3. The van der Waals surface area contributed by atoms with Gasteiger partial charge in [0.15, 0.2) is 6.61 Å². The van der Waals surface area contributed by atoms with Gasteiger partial charge in [-0.25, -0.2) is 9.37 Å². The van der Waals surface area contributed by atoms with E-state index in [-0.39, 0.29) is 11.6 Å². The summed E-state index contributed by atoms with van der Waals surface area (Å²) in [5.74, 6) is -1.02. The number of fused-ring (bicyclic) bond motifs is 1. The first-order valence-corrected chi connectivity index (χ1v) is 8.14. The van der Waals surface area contributed by atoms with Crippen LogP contribution in [0.5, 0.6) is 0 Å². The molecule has 0 saturated carbocycles. The molecule has 0 aliphatic rings. The smallest absolute Gasteiger partial charge is 0.326 e. The number of amides is 1. The molecule has 26 heavy (non-hydrogen) atoms. The number of aryl methyl sites for hydroxylation is 1. The number of imidazole rings is 1. The molecule has 8 heteroatoms. The molecular formula is C18H15ClFN3O3. The van der Waals surface area contributed by atoms with Crippen LogP contribution in [0.3, 0.4) is 0 Å². The van der Waals surface area contributed by atoms with E-state index in [2.05, 4.69) is 10.3 Å². The minimum atomic E-state index is -0.584. The quantitative estimate of drug-likeness (QED) is 0.694. The van der Waals surface area contributed by atoms with Crippen LogP contribution in [0.4, 0.5) is 10.1 Å². The van der Waals surface area contributed by atoms with Crippen molar-refractivity contribution in [1.82, 2.24) is 9.55 Å². The molecule has 1 N–H and O–H groups in total. The average Bonchev–Trinajstić information content (AvgIpc) is 2.92. The summed E-state index contributed by atoms with van der Waals surface area (Å²) in [4.78, 5) is 28.3. The molecule has 1 heterocycles. The van der Waals surface area contributed by atoms with Gasteiger partial charge in [0.1, 0.15) is 18.2 Å². The molecule has 0 unspecified atom stereocenters. The summed E-state index contributed by atoms with van der Waals surface area (Å²) in [6.45, 7) is 1.28. The lowest BCUT2D eigenvalue weighted by Crippen LogP contribution is -2.23. The SMILES string of the molecule is Cc1nc2ccccc2n1CC(=O)OCC(=O)Nc1ccc(F)c(Cl)c1. The van der Waals surface area contributed by atoms with E-state index >= 15 is 0 Å². The van der Waals surface area contributed by atoms with Gasteiger partial charge in [-0.2, -0.15) is 0 Å². The van der Waals surface area contributed by atoms with Gasteiger partial charge in [0, 0.05) is 5.69 Å². The van der Waals surface area contributed by atoms with Crippen molar-refractivity contribution in [1.29, 1.82) is 0 Å². The predicted octanol–water partition coefficient (Wildman–Crippen LogP) is 3.32. The Hall–Kier alpha value is -2.93. The summed E-state index contributed by atoms with van der Waals surface area (Å²) >= 11 is 5.65. The van der Waals surface area contributed by atoms with Gasteiger partial charge < -0.3 is 14.6 Å². The fourth-order valence-corrected chi connectivity index (χ4v) is 2.67. The number of aromatic nitrogens is 2. The maximum Gasteiger partial charge on any atom is 0.326 e. The molecule has 2 aromatic carbocycles. The number of para-hydroxylation sites is 2. The van der Waals surface area contributed by atoms with Crippen molar-refractivity contribution in [2.45, 2.75) is 13.5 Å². The summed E-state index contributed by atoms with van der Waals surface area (Å²) in [7, 11) is 0. The molecule has 0 aliphatic carbocycles.